The Morgan fingerprint density at radius 2 is 1.84 bits per heavy atom. The summed E-state index contributed by atoms with van der Waals surface area (Å²) in [6, 6.07) is 15.8. The number of piperidine rings is 1. The van der Waals surface area contributed by atoms with Crippen molar-refractivity contribution in [1.82, 2.24) is 19.5 Å². The summed E-state index contributed by atoms with van der Waals surface area (Å²) in [6.45, 7) is 2.39. The van der Waals surface area contributed by atoms with Crippen LogP contribution in [0.1, 0.15) is 23.2 Å². The van der Waals surface area contributed by atoms with Crippen molar-refractivity contribution in [3.63, 3.8) is 0 Å². The zero-order valence-electron chi connectivity index (χ0n) is 16.9. The monoisotopic (exact) mass is 435 g/mol. The van der Waals surface area contributed by atoms with Gasteiger partial charge in [0.1, 0.15) is 5.82 Å². The quantitative estimate of drug-likeness (QED) is 0.499. The molecule has 0 bridgehead atoms. The van der Waals surface area contributed by atoms with Crippen molar-refractivity contribution in [2.24, 2.45) is 5.92 Å². The molecule has 2 aromatic carbocycles. The molecule has 1 aliphatic heterocycles. The molecule has 8 heteroatoms. The number of amides is 1. The number of hydrogen-bond donors (Lipinski definition) is 1. The van der Waals surface area contributed by atoms with E-state index in [0.717, 1.165) is 59.4 Å². The highest BCUT2D eigenvalue weighted by Crippen LogP contribution is 2.26. The van der Waals surface area contributed by atoms with Crippen LogP contribution in [0.4, 0.5) is 9.52 Å². The first-order valence-electron chi connectivity index (χ1n) is 10.4. The third-order valence-electron chi connectivity index (χ3n) is 5.65. The molecule has 2 aromatic heterocycles. The van der Waals surface area contributed by atoms with E-state index in [1.54, 1.807) is 16.6 Å². The first kappa shape index (κ1) is 19.7. The van der Waals surface area contributed by atoms with Gasteiger partial charge < -0.3 is 10.2 Å². The third-order valence-corrected chi connectivity index (χ3v) is 6.53. The summed E-state index contributed by atoms with van der Waals surface area (Å²) < 4.78 is 14.9. The van der Waals surface area contributed by atoms with Crippen molar-refractivity contribution in [2.45, 2.75) is 12.8 Å². The predicted molar refractivity (Wildman–Crippen MR) is 120 cm³/mol. The lowest BCUT2D eigenvalue weighted by molar-refractivity contribution is 0.0695. The highest BCUT2D eigenvalue weighted by molar-refractivity contribution is 7.20. The van der Waals surface area contributed by atoms with Gasteiger partial charge in [-0.3, -0.25) is 4.79 Å². The largest absolute Gasteiger partial charge is 0.360 e. The number of imidazole rings is 1. The van der Waals surface area contributed by atoms with Gasteiger partial charge in [0.05, 0.1) is 11.9 Å². The van der Waals surface area contributed by atoms with Crippen molar-refractivity contribution in [2.75, 3.05) is 25.0 Å². The molecule has 5 rings (SSSR count). The smallest absolute Gasteiger partial charge is 0.253 e. The second kappa shape index (κ2) is 8.47. The Morgan fingerprint density at radius 3 is 2.55 bits per heavy atom. The van der Waals surface area contributed by atoms with E-state index < -0.39 is 0 Å². The Labute approximate surface area is 183 Å². The van der Waals surface area contributed by atoms with Crippen molar-refractivity contribution >= 4 is 27.3 Å². The van der Waals surface area contributed by atoms with Crippen LogP contribution in [0.5, 0.6) is 0 Å². The molecule has 0 spiro atoms. The lowest BCUT2D eigenvalue weighted by Crippen LogP contribution is -2.39. The second-order valence-corrected chi connectivity index (χ2v) is 8.71. The third kappa shape index (κ3) is 4.29. The summed E-state index contributed by atoms with van der Waals surface area (Å²) in [5.41, 5.74) is 2.40. The highest BCUT2D eigenvalue weighted by atomic mass is 32.1. The number of likely N-dealkylation sites (tertiary alicyclic amines) is 1. The average Bonchev–Trinajstić information content (AvgIpc) is 3.38. The van der Waals surface area contributed by atoms with E-state index in [2.05, 4.69) is 15.4 Å². The maximum atomic E-state index is 13.1. The fraction of sp³-hybridized carbons (Fsp3) is 0.261. The molecule has 0 saturated carbocycles. The van der Waals surface area contributed by atoms with Gasteiger partial charge >= 0.3 is 0 Å². The summed E-state index contributed by atoms with van der Waals surface area (Å²) in [4.78, 5) is 19.9. The zero-order valence-corrected chi connectivity index (χ0v) is 17.7. The number of anilines is 1. The molecule has 0 radical (unpaired) electrons. The Kier molecular flexibility index (Phi) is 5.38. The molecule has 6 nitrogen and oxygen atoms in total. The van der Waals surface area contributed by atoms with Crippen LogP contribution in [0.15, 0.2) is 60.8 Å². The molecule has 158 valence electrons. The van der Waals surface area contributed by atoms with E-state index in [4.69, 9.17) is 0 Å². The highest BCUT2D eigenvalue weighted by Gasteiger charge is 2.23. The Morgan fingerprint density at radius 1 is 1.10 bits per heavy atom. The minimum Gasteiger partial charge on any atom is -0.360 e. The number of halogens is 1. The molecular formula is C23H22FN5OS. The van der Waals surface area contributed by atoms with Crippen molar-refractivity contribution in [3.05, 3.63) is 72.2 Å². The molecule has 0 aliphatic carbocycles. The van der Waals surface area contributed by atoms with E-state index in [-0.39, 0.29) is 11.7 Å². The van der Waals surface area contributed by atoms with Gasteiger partial charge in [-0.1, -0.05) is 29.5 Å². The number of carbonyl (C=O) groups excluding carboxylic acids is 1. The number of benzene rings is 2. The number of fused-ring (bicyclic) bond motifs is 1. The molecule has 1 amide bonds. The van der Waals surface area contributed by atoms with Crippen LogP contribution in [-0.2, 0) is 0 Å². The van der Waals surface area contributed by atoms with Crippen molar-refractivity contribution in [1.29, 1.82) is 0 Å². The number of aromatic nitrogens is 3. The van der Waals surface area contributed by atoms with E-state index in [1.807, 2.05) is 41.4 Å². The van der Waals surface area contributed by atoms with Gasteiger partial charge in [0.15, 0.2) is 0 Å². The number of nitrogens with one attached hydrogen (secondary N) is 1. The van der Waals surface area contributed by atoms with Gasteiger partial charge in [-0.2, -0.15) is 0 Å². The first-order chi connectivity index (χ1) is 15.2. The standard InChI is InChI=1S/C23H22FN5OS/c24-19-8-6-17(7-9-19)20-15-29-23(26-20)31-22(27-29)25-14-16-10-12-28(13-11-16)21(30)18-4-2-1-3-5-18/h1-9,15-16H,10-14H2,(H,25,27). The maximum Gasteiger partial charge on any atom is 0.253 e. The van der Waals surface area contributed by atoms with Crippen LogP contribution in [-0.4, -0.2) is 45.0 Å². The summed E-state index contributed by atoms with van der Waals surface area (Å²) in [5, 5.41) is 8.82. The molecule has 1 fully saturated rings. The molecule has 1 N–H and O–H groups in total. The van der Waals surface area contributed by atoms with Crippen LogP contribution in [0.2, 0.25) is 0 Å². The second-order valence-electron chi connectivity index (χ2n) is 7.75. The van der Waals surface area contributed by atoms with E-state index >= 15 is 0 Å². The molecule has 0 unspecified atom stereocenters. The minimum atomic E-state index is -0.260. The summed E-state index contributed by atoms with van der Waals surface area (Å²) in [6.07, 6.45) is 3.81. The van der Waals surface area contributed by atoms with E-state index in [1.165, 1.54) is 23.5 Å². The molecule has 4 aromatic rings. The Bertz CT molecular complexity index is 1150. The van der Waals surface area contributed by atoms with Gasteiger partial charge in [0.25, 0.3) is 5.91 Å². The molecular weight excluding hydrogens is 413 g/mol. The molecule has 3 heterocycles. The van der Waals surface area contributed by atoms with Crippen LogP contribution < -0.4 is 5.32 Å². The fourth-order valence-electron chi connectivity index (χ4n) is 3.87. The SMILES string of the molecule is O=C(c1ccccc1)N1CCC(CNc2nn3cc(-c4ccc(F)cc4)nc3s2)CC1. The van der Waals surface area contributed by atoms with Crippen LogP contribution >= 0.6 is 11.3 Å². The molecule has 1 aliphatic rings. The topological polar surface area (TPSA) is 62.5 Å². The number of rotatable bonds is 5. The van der Waals surface area contributed by atoms with Crippen molar-refractivity contribution in [3.8, 4) is 11.3 Å². The van der Waals surface area contributed by atoms with Gasteiger partial charge in [-0.15, -0.1) is 5.10 Å². The van der Waals surface area contributed by atoms with E-state index in [9.17, 15) is 9.18 Å². The average molecular weight is 436 g/mol. The molecule has 1 saturated heterocycles. The lowest BCUT2D eigenvalue weighted by Gasteiger charge is -2.32. The van der Waals surface area contributed by atoms with Crippen LogP contribution in [0.3, 0.4) is 0 Å². The van der Waals surface area contributed by atoms with E-state index in [0.29, 0.717) is 5.92 Å². The van der Waals surface area contributed by atoms with Crippen molar-refractivity contribution < 1.29 is 9.18 Å². The fourth-order valence-corrected chi connectivity index (χ4v) is 4.65. The summed E-state index contributed by atoms with van der Waals surface area (Å²) in [7, 11) is 0. The normalized spacial score (nSPS) is 14.8. The lowest BCUT2D eigenvalue weighted by atomic mass is 9.96. The van der Waals surface area contributed by atoms with Crippen LogP contribution in [0.25, 0.3) is 16.2 Å². The minimum absolute atomic E-state index is 0.116. The van der Waals surface area contributed by atoms with Gasteiger partial charge in [0, 0.05) is 30.8 Å². The summed E-state index contributed by atoms with van der Waals surface area (Å²) in [5.74, 6) is 0.362. The van der Waals surface area contributed by atoms with Gasteiger partial charge in [-0.05, 0) is 55.2 Å². The number of carbonyl (C=O) groups is 1. The number of nitrogens with zero attached hydrogens (tertiary/aromatic N) is 4. The first-order valence-corrected chi connectivity index (χ1v) is 11.2. The maximum absolute atomic E-state index is 13.1. The molecule has 31 heavy (non-hydrogen) atoms. The Hall–Kier alpha value is -3.26. The molecule has 0 atom stereocenters. The predicted octanol–water partition coefficient (Wildman–Crippen LogP) is 4.56. The summed E-state index contributed by atoms with van der Waals surface area (Å²) >= 11 is 1.50. The van der Waals surface area contributed by atoms with Crippen LogP contribution in [0, 0.1) is 11.7 Å². The Balaban J connectivity index is 1.15. The number of hydrogen-bond acceptors (Lipinski definition) is 5. The zero-order chi connectivity index (χ0) is 21.2. The van der Waals surface area contributed by atoms with Gasteiger partial charge in [-0.25, -0.2) is 13.9 Å². The van der Waals surface area contributed by atoms with Gasteiger partial charge in [0.2, 0.25) is 10.1 Å².